The summed E-state index contributed by atoms with van der Waals surface area (Å²) in [6, 6.07) is 5.30. The lowest BCUT2D eigenvalue weighted by molar-refractivity contribution is -0.384. The van der Waals surface area contributed by atoms with E-state index in [2.05, 4.69) is 5.32 Å². The van der Waals surface area contributed by atoms with E-state index in [1.165, 1.54) is 12.1 Å². The molecular formula is C15H15ClN2O4. The third-order valence-corrected chi connectivity index (χ3v) is 3.63. The molecule has 2 aromatic rings. The number of nitrogens with zero attached hydrogens (tertiary/aromatic N) is 1. The Balaban J connectivity index is 2.23. The van der Waals surface area contributed by atoms with Crippen molar-refractivity contribution >= 4 is 23.2 Å². The van der Waals surface area contributed by atoms with Gasteiger partial charge in [-0.2, -0.15) is 0 Å². The third-order valence-electron chi connectivity index (χ3n) is 3.30. The highest BCUT2D eigenvalue weighted by atomic mass is 35.5. The number of hydrogen-bond acceptors (Lipinski definition) is 4. The Labute approximate surface area is 132 Å². The van der Waals surface area contributed by atoms with Crippen molar-refractivity contribution in [1.82, 2.24) is 5.32 Å². The Hall–Kier alpha value is -2.34. The molecule has 1 atom stereocenters. The van der Waals surface area contributed by atoms with Gasteiger partial charge in [0.05, 0.1) is 21.6 Å². The molecule has 1 aromatic carbocycles. The molecule has 1 amide bonds. The van der Waals surface area contributed by atoms with Crippen LogP contribution in [-0.4, -0.2) is 10.8 Å². The highest BCUT2D eigenvalue weighted by Gasteiger charge is 2.20. The highest BCUT2D eigenvalue weighted by molar-refractivity contribution is 6.33. The van der Waals surface area contributed by atoms with Gasteiger partial charge in [0.15, 0.2) is 0 Å². The minimum absolute atomic E-state index is 0.0700. The smallest absolute Gasteiger partial charge is 0.270 e. The van der Waals surface area contributed by atoms with E-state index >= 15 is 0 Å². The number of carbonyl (C=O) groups is 1. The van der Waals surface area contributed by atoms with Crippen molar-refractivity contribution in [2.45, 2.75) is 26.8 Å². The summed E-state index contributed by atoms with van der Waals surface area (Å²) >= 11 is 5.96. The number of furan rings is 1. The number of aryl methyl sites for hydroxylation is 2. The minimum Gasteiger partial charge on any atom is -0.466 e. The first-order valence-corrected chi connectivity index (χ1v) is 6.99. The lowest BCUT2D eigenvalue weighted by Gasteiger charge is -2.13. The SMILES string of the molecule is Cc1cc(C(C)NC(=O)c2cc([N+](=O)[O-])ccc2Cl)c(C)o1. The fourth-order valence-corrected chi connectivity index (χ4v) is 2.44. The lowest BCUT2D eigenvalue weighted by atomic mass is 10.1. The average Bonchev–Trinajstić information content (AvgIpc) is 2.77. The van der Waals surface area contributed by atoms with Gasteiger partial charge in [-0.1, -0.05) is 11.6 Å². The van der Waals surface area contributed by atoms with Crippen LogP contribution in [0.25, 0.3) is 0 Å². The first kappa shape index (κ1) is 16.0. The molecule has 0 spiro atoms. The summed E-state index contributed by atoms with van der Waals surface area (Å²) in [6.45, 7) is 5.44. The second-order valence-electron chi connectivity index (χ2n) is 4.98. The molecule has 0 fully saturated rings. The van der Waals surface area contributed by atoms with Crippen LogP contribution in [0.2, 0.25) is 5.02 Å². The molecule has 1 unspecified atom stereocenters. The Kier molecular flexibility index (Phi) is 4.51. The number of benzene rings is 1. The van der Waals surface area contributed by atoms with E-state index in [9.17, 15) is 14.9 Å². The first-order chi connectivity index (χ1) is 10.3. The van der Waals surface area contributed by atoms with Gasteiger partial charge in [0.2, 0.25) is 0 Å². The van der Waals surface area contributed by atoms with Crippen molar-refractivity contribution in [3.63, 3.8) is 0 Å². The molecule has 2 rings (SSSR count). The first-order valence-electron chi connectivity index (χ1n) is 6.61. The fourth-order valence-electron chi connectivity index (χ4n) is 2.23. The summed E-state index contributed by atoms with van der Waals surface area (Å²) in [4.78, 5) is 22.5. The van der Waals surface area contributed by atoms with Gasteiger partial charge < -0.3 is 9.73 Å². The molecule has 1 heterocycles. The largest absolute Gasteiger partial charge is 0.466 e. The zero-order chi connectivity index (χ0) is 16.4. The molecule has 0 radical (unpaired) electrons. The molecule has 22 heavy (non-hydrogen) atoms. The molecule has 0 saturated heterocycles. The van der Waals surface area contributed by atoms with E-state index in [0.29, 0.717) is 0 Å². The van der Waals surface area contributed by atoms with Gasteiger partial charge in [-0.15, -0.1) is 0 Å². The average molecular weight is 323 g/mol. The van der Waals surface area contributed by atoms with E-state index in [-0.39, 0.29) is 22.3 Å². The van der Waals surface area contributed by atoms with Gasteiger partial charge in [0, 0.05) is 17.7 Å². The molecule has 1 N–H and O–H groups in total. The number of carbonyl (C=O) groups excluding carboxylic acids is 1. The molecular weight excluding hydrogens is 308 g/mol. The fraction of sp³-hybridized carbons (Fsp3) is 0.267. The number of nitro benzene ring substituents is 1. The van der Waals surface area contributed by atoms with Gasteiger partial charge in [-0.25, -0.2) is 0 Å². The van der Waals surface area contributed by atoms with E-state index in [1.54, 1.807) is 6.92 Å². The van der Waals surface area contributed by atoms with Crippen LogP contribution in [0.15, 0.2) is 28.7 Å². The molecule has 116 valence electrons. The minimum atomic E-state index is -0.569. The maximum Gasteiger partial charge on any atom is 0.270 e. The van der Waals surface area contributed by atoms with Crippen molar-refractivity contribution in [1.29, 1.82) is 0 Å². The molecule has 6 nitrogen and oxygen atoms in total. The van der Waals surface area contributed by atoms with Crippen LogP contribution in [-0.2, 0) is 0 Å². The molecule has 0 aliphatic rings. The number of amides is 1. The second-order valence-corrected chi connectivity index (χ2v) is 5.39. The van der Waals surface area contributed by atoms with Gasteiger partial charge in [-0.05, 0) is 32.9 Å². The maximum atomic E-state index is 12.3. The molecule has 0 aliphatic carbocycles. The molecule has 0 bridgehead atoms. The van der Waals surface area contributed by atoms with Gasteiger partial charge in [-0.3, -0.25) is 14.9 Å². The van der Waals surface area contributed by atoms with Crippen molar-refractivity contribution in [2.75, 3.05) is 0 Å². The number of halogens is 1. The number of nitro groups is 1. The van der Waals surface area contributed by atoms with Crippen molar-refractivity contribution < 1.29 is 14.1 Å². The van der Waals surface area contributed by atoms with Crippen LogP contribution in [0, 0.1) is 24.0 Å². The van der Waals surface area contributed by atoms with Crippen molar-refractivity contribution in [2.24, 2.45) is 0 Å². The summed E-state index contributed by atoms with van der Waals surface area (Å²) in [7, 11) is 0. The van der Waals surface area contributed by atoms with Crippen LogP contribution in [0.1, 0.15) is 40.4 Å². The van der Waals surface area contributed by atoms with Crippen LogP contribution in [0.3, 0.4) is 0 Å². The van der Waals surface area contributed by atoms with Gasteiger partial charge in [0.1, 0.15) is 11.5 Å². The topological polar surface area (TPSA) is 85.4 Å². The Bertz CT molecular complexity index is 739. The normalized spacial score (nSPS) is 12.0. The van der Waals surface area contributed by atoms with Crippen LogP contribution < -0.4 is 5.32 Å². The van der Waals surface area contributed by atoms with Gasteiger partial charge in [0.25, 0.3) is 11.6 Å². The van der Waals surface area contributed by atoms with Crippen molar-refractivity contribution in [3.8, 4) is 0 Å². The van der Waals surface area contributed by atoms with E-state index in [0.717, 1.165) is 23.2 Å². The maximum absolute atomic E-state index is 12.3. The van der Waals surface area contributed by atoms with Gasteiger partial charge >= 0.3 is 0 Å². The molecule has 1 aromatic heterocycles. The predicted octanol–water partition coefficient (Wildman–Crippen LogP) is 3.95. The number of hydrogen-bond donors (Lipinski definition) is 1. The predicted molar refractivity (Wildman–Crippen MR) is 82.2 cm³/mol. The zero-order valence-corrected chi connectivity index (χ0v) is 13.1. The second kappa shape index (κ2) is 6.19. The van der Waals surface area contributed by atoms with Crippen LogP contribution in [0.4, 0.5) is 5.69 Å². The summed E-state index contributed by atoms with van der Waals surface area (Å²) in [5.41, 5.74) is 0.741. The van der Waals surface area contributed by atoms with E-state index in [4.69, 9.17) is 16.0 Å². The van der Waals surface area contributed by atoms with Crippen molar-refractivity contribution in [3.05, 3.63) is 62.0 Å². The quantitative estimate of drug-likeness (QED) is 0.682. The number of rotatable bonds is 4. The van der Waals surface area contributed by atoms with E-state index < -0.39 is 10.8 Å². The Morgan fingerprint density at radius 3 is 2.59 bits per heavy atom. The Morgan fingerprint density at radius 2 is 2.05 bits per heavy atom. The standard InChI is InChI=1S/C15H15ClN2O4/c1-8-6-12(10(3)22-8)9(2)17-15(19)13-7-11(18(20)21)4-5-14(13)16/h4-7,9H,1-3H3,(H,17,19). The zero-order valence-electron chi connectivity index (χ0n) is 12.3. The lowest BCUT2D eigenvalue weighted by Crippen LogP contribution is -2.27. The summed E-state index contributed by atoms with van der Waals surface area (Å²) < 4.78 is 5.43. The Morgan fingerprint density at radius 1 is 1.36 bits per heavy atom. The molecule has 0 saturated carbocycles. The summed E-state index contributed by atoms with van der Waals surface area (Å²) in [5, 5.41) is 13.7. The summed E-state index contributed by atoms with van der Waals surface area (Å²) in [5.74, 6) is 0.997. The highest BCUT2D eigenvalue weighted by Crippen LogP contribution is 2.25. The summed E-state index contributed by atoms with van der Waals surface area (Å²) in [6.07, 6.45) is 0. The van der Waals surface area contributed by atoms with Crippen LogP contribution in [0.5, 0.6) is 0 Å². The van der Waals surface area contributed by atoms with E-state index in [1.807, 2.05) is 19.9 Å². The molecule has 0 aliphatic heterocycles. The third kappa shape index (κ3) is 3.28. The monoisotopic (exact) mass is 322 g/mol. The van der Waals surface area contributed by atoms with Crippen LogP contribution >= 0.6 is 11.6 Å². The molecule has 7 heteroatoms. The number of nitrogens with one attached hydrogen (secondary N) is 1. The number of non-ortho nitro benzene ring substituents is 1.